The van der Waals surface area contributed by atoms with Crippen molar-refractivity contribution >= 4 is 11.8 Å². The lowest BCUT2D eigenvalue weighted by molar-refractivity contribution is 0.154. The highest BCUT2D eigenvalue weighted by molar-refractivity contribution is 7.99. The van der Waals surface area contributed by atoms with Gasteiger partial charge in [0.15, 0.2) is 0 Å². The van der Waals surface area contributed by atoms with Gasteiger partial charge in [-0.3, -0.25) is 5.10 Å². The summed E-state index contributed by atoms with van der Waals surface area (Å²) in [5, 5.41) is 11.3. The summed E-state index contributed by atoms with van der Waals surface area (Å²) in [4.78, 5) is 1.13. The van der Waals surface area contributed by atoms with Gasteiger partial charge in [0.05, 0.1) is 12.3 Å². The first-order valence-corrected chi connectivity index (χ1v) is 7.53. The third-order valence-electron chi connectivity index (χ3n) is 3.28. The Bertz CT molecular complexity index is 509. The Morgan fingerprint density at radius 3 is 2.89 bits per heavy atom. The van der Waals surface area contributed by atoms with Gasteiger partial charge in [-0.2, -0.15) is 0 Å². The van der Waals surface area contributed by atoms with Crippen LogP contribution in [0.5, 0.6) is 5.75 Å². The molecule has 19 heavy (non-hydrogen) atoms. The van der Waals surface area contributed by atoms with Crippen LogP contribution < -0.4 is 4.74 Å². The molecule has 0 bridgehead atoms. The predicted molar refractivity (Wildman–Crippen MR) is 74.4 cm³/mol. The van der Waals surface area contributed by atoms with E-state index >= 15 is 0 Å². The van der Waals surface area contributed by atoms with Crippen LogP contribution in [0.4, 0.5) is 0 Å². The SMILES string of the molecule is c1cc(OC2CCCCC2)cc(Sc2c[nH]nn2)c1. The minimum Gasteiger partial charge on any atom is -0.490 e. The van der Waals surface area contributed by atoms with Gasteiger partial charge in [0.1, 0.15) is 10.8 Å². The third kappa shape index (κ3) is 3.50. The smallest absolute Gasteiger partial charge is 0.143 e. The van der Waals surface area contributed by atoms with Crippen molar-refractivity contribution in [2.45, 2.75) is 48.1 Å². The molecule has 1 N–H and O–H groups in total. The summed E-state index contributed by atoms with van der Waals surface area (Å²) in [6, 6.07) is 8.20. The summed E-state index contributed by atoms with van der Waals surface area (Å²) in [7, 11) is 0. The van der Waals surface area contributed by atoms with Crippen LogP contribution in [-0.2, 0) is 0 Å². The zero-order chi connectivity index (χ0) is 12.9. The first-order chi connectivity index (χ1) is 9.40. The standard InChI is InChI=1S/C14H17N3OS/c1-2-5-11(6-3-1)18-12-7-4-8-13(9-12)19-14-10-15-17-16-14/h4,7-11H,1-3,5-6H2,(H,15,16,17). The van der Waals surface area contributed by atoms with Crippen LogP contribution in [0.2, 0.25) is 0 Å². The van der Waals surface area contributed by atoms with E-state index in [4.69, 9.17) is 4.74 Å². The summed E-state index contributed by atoms with van der Waals surface area (Å²) in [6.45, 7) is 0. The Morgan fingerprint density at radius 2 is 2.11 bits per heavy atom. The molecule has 2 aromatic rings. The molecule has 0 unspecified atom stereocenters. The number of hydrogen-bond donors (Lipinski definition) is 1. The van der Waals surface area contributed by atoms with Crippen LogP contribution in [0.3, 0.4) is 0 Å². The van der Waals surface area contributed by atoms with Gasteiger partial charge >= 0.3 is 0 Å². The Kier molecular flexibility index (Phi) is 4.03. The van der Waals surface area contributed by atoms with Gasteiger partial charge in [0.25, 0.3) is 0 Å². The molecule has 1 aliphatic rings. The molecule has 0 saturated heterocycles. The number of benzene rings is 1. The van der Waals surface area contributed by atoms with E-state index in [-0.39, 0.29) is 0 Å². The summed E-state index contributed by atoms with van der Waals surface area (Å²) in [5.41, 5.74) is 0. The number of nitrogens with zero attached hydrogens (tertiary/aromatic N) is 2. The van der Waals surface area contributed by atoms with Gasteiger partial charge in [-0.15, -0.1) is 5.10 Å². The topological polar surface area (TPSA) is 50.8 Å². The molecule has 0 radical (unpaired) electrons. The fourth-order valence-corrected chi connectivity index (χ4v) is 3.10. The molecule has 4 nitrogen and oxygen atoms in total. The van der Waals surface area contributed by atoms with Crippen LogP contribution in [0.1, 0.15) is 32.1 Å². The van der Waals surface area contributed by atoms with E-state index in [1.54, 1.807) is 18.0 Å². The van der Waals surface area contributed by atoms with Crippen LogP contribution in [-0.4, -0.2) is 21.5 Å². The number of aromatic nitrogens is 3. The Morgan fingerprint density at radius 1 is 1.21 bits per heavy atom. The third-order valence-corrected chi connectivity index (χ3v) is 4.18. The van der Waals surface area contributed by atoms with Crippen molar-refractivity contribution in [2.24, 2.45) is 0 Å². The highest BCUT2D eigenvalue weighted by Crippen LogP contribution is 2.30. The van der Waals surface area contributed by atoms with Crippen molar-refractivity contribution in [1.82, 2.24) is 15.4 Å². The maximum Gasteiger partial charge on any atom is 0.143 e. The summed E-state index contributed by atoms with van der Waals surface area (Å²) in [5.74, 6) is 0.959. The largest absolute Gasteiger partial charge is 0.490 e. The van der Waals surface area contributed by atoms with Crippen LogP contribution in [0, 0.1) is 0 Å². The predicted octanol–water partition coefficient (Wildman–Crippen LogP) is 3.67. The molecule has 0 spiro atoms. The van der Waals surface area contributed by atoms with Gasteiger partial charge < -0.3 is 4.74 Å². The molecular formula is C14H17N3OS. The Labute approximate surface area is 116 Å². The van der Waals surface area contributed by atoms with E-state index in [0.29, 0.717) is 6.10 Å². The van der Waals surface area contributed by atoms with E-state index in [1.807, 2.05) is 12.1 Å². The second kappa shape index (κ2) is 6.10. The number of rotatable bonds is 4. The van der Waals surface area contributed by atoms with Crippen LogP contribution >= 0.6 is 11.8 Å². The van der Waals surface area contributed by atoms with E-state index < -0.39 is 0 Å². The molecule has 1 aromatic carbocycles. The molecule has 1 aromatic heterocycles. The lowest BCUT2D eigenvalue weighted by Gasteiger charge is -2.23. The number of ether oxygens (including phenoxy) is 1. The van der Waals surface area contributed by atoms with Crippen molar-refractivity contribution < 1.29 is 4.74 Å². The van der Waals surface area contributed by atoms with Gasteiger partial charge in [-0.05, 0) is 43.9 Å². The quantitative estimate of drug-likeness (QED) is 0.925. The van der Waals surface area contributed by atoms with Crippen LogP contribution in [0.15, 0.2) is 40.4 Å². The minimum absolute atomic E-state index is 0.390. The highest BCUT2D eigenvalue weighted by Gasteiger charge is 2.14. The Hall–Kier alpha value is -1.49. The maximum absolute atomic E-state index is 6.06. The molecule has 0 amide bonds. The second-order valence-corrected chi connectivity index (χ2v) is 5.86. The maximum atomic E-state index is 6.06. The molecule has 5 heteroatoms. The fraction of sp³-hybridized carbons (Fsp3) is 0.429. The average Bonchev–Trinajstić information content (AvgIpc) is 2.93. The van der Waals surface area contributed by atoms with Crippen molar-refractivity contribution in [3.63, 3.8) is 0 Å². The van der Waals surface area contributed by atoms with E-state index in [1.165, 1.54) is 32.1 Å². The number of H-pyrrole nitrogens is 1. The van der Waals surface area contributed by atoms with E-state index in [9.17, 15) is 0 Å². The highest BCUT2D eigenvalue weighted by atomic mass is 32.2. The lowest BCUT2D eigenvalue weighted by Crippen LogP contribution is -2.19. The van der Waals surface area contributed by atoms with Gasteiger partial charge in [0.2, 0.25) is 0 Å². The zero-order valence-corrected chi connectivity index (χ0v) is 11.5. The molecule has 3 rings (SSSR count). The number of aromatic amines is 1. The van der Waals surface area contributed by atoms with Crippen molar-refractivity contribution in [2.75, 3.05) is 0 Å². The summed E-state index contributed by atoms with van der Waals surface area (Å²) >= 11 is 1.59. The molecule has 1 fully saturated rings. The monoisotopic (exact) mass is 275 g/mol. The zero-order valence-electron chi connectivity index (χ0n) is 10.7. The number of hydrogen-bond acceptors (Lipinski definition) is 4. The Balaban J connectivity index is 1.65. The summed E-state index contributed by atoms with van der Waals surface area (Å²) in [6.07, 6.45) is 8.47. The van der Waals surface area contributed by atoms with Gasteiger partial charge in [0, 0.05) is 4.90 Å². The average molecular weight is 275 g/mol. The van der Waals surface area contributed by atoms with Crippen molar-refractivity contribution in [1.29, 1.82) is 0 Å². The fourth-order valence-electron chi connectivity index (χ4n) is 2.35. The molecule has 1 aliphatic carbocycles. The van der Waals surface area contributed by atoms with Crippen molar-refractivity contribution in [3.05, 3.63) is 30.5 Å². The minimum atomic E-state index is 0.390. The second-order valence-electron chi connectivity index (χ2n) is 4.77. The molecule has 0 atom stereocenters. The molecular weight excluding hydrogens is 258 g/mol. The molecule has 0 aliphatic heterocycles. The van der Waals surface area contributed by atoms with Crippen LogP contribution in [0.25, 0.3) is 0 Å². The van der Waals surface area contributed by atoms with Crippen molar-refractivity contribution in [3.8, 4) is 5.75 Å². The summed E-state index contributed by atoms with van der Waals surface area (Å²) < 4.78 is 6.06. The van der Waals surface area contributed by atoms with Gasteiger partial charge in [-0.25, -0.2) is 0 Å². The normalized spacial score (nSPS) is 16.4. The molecule has 1 saturated carbocycles. The first-order valence-electron chi connectivity index (χ1n) is 6.71. The first kappa shape index (κ1) is 12.5. The molecule has 100 valence electrons. The van der Waals surface area contributed by atoms with E-state index in [0.717, 1.165) is 15.7 Å². The molecule has 1 heterocycles. The number of nitrogens with one attached hydrogen (secondary N) is 1. The lowest BCUT2D eigenvalue weighted by atomic mass is 9.98. The van der Waals surface area contributed by atoms with Gasteiger partial charge in [-0.1, -0.05) is 29.5 Å². The van der Waals surface area contributed by atoms with E-state index in [2.05, 4.69) is 27.5 Å².